The molecular formula is C18H14N4OS. The smallest absolute Gasteiger partial charge is 0.258 e. The lowest BCUT2D eigenvalue weighted by atomic mass is 10.0. The van der Waals surface area contributed by atoms with Gasteiger partial charge in [0.1, 0.15) is 0 Å². The van der Waals surface area contributed by atoms with Crippen molar-refractivity contribution in [3.63, 3.8) is 0 Å². The number of fused-ring (bicyclic) bond motifs is 1. The Bertz CT molecular complexity index is 985. The number of thioether (sulfide) groups is 1. The van der Waals surface area contributed by atoms with E-state index >= 15 is 0 Å². The average molecular weight is 334 g/mol. The zero-order valence-corrected chi connectivity index (χ0v) is 13.8. The Balaban J connectivity index is 1.92. The monoisotopic (exact) mass is 334 g/mol. The normalized spacial score (nSPS) is 11.0. The number of nitrogens with zero attached hydrogens (tertiary/aromatic N) is 4. The van der Waals surface area contributed by atoms with E-state index in [2.05, 4.69) is 15.1 Å². The SMILES string of the molecule is CSCc1noc(-c2cc(-c3ccncc3)nc3ccccc23)n1. The molecule has 6 heteroatoms. The second-order valence-corrected chi connectivity index (χ2v) is 6.12. The topological polar surface area (TPSA) is 64.7 Å². The Labute approximate surface area is 143 Å². The van der Waals surface area contributed by atoms with Gasteiger partial charge in [-0.3, -0.25) is 4.98 Å². The van der Waals surface area contributed by atoms with Crippen LogP contribution in [0.5, 0.6) is 0 Å². The second kappa shape index (κ2) is 6.41. The van der Waals surface area contributed by atoms with Crippen LogP contribution in [0.1, 0.15) is 5.82 Å². The summed E-state index contributed by atoms with van der Waals surface area (Å²) < 4.78 is 5.49. The van der Waals surface area contributed by atoms with Gasteiger partial charge in [0.25, 0.3) is 5.89 Å². The molecule has 0 aliphatic heterocycles. The third kappa shape index (κ3) is 2.76. The van der Waals surface area contributed by atoms with Crippen LogP contribution in [0.2, 0.25) is 0 Å². The molecule has 3 aromatic heterocycles. The van der Waals surface area contributed by atoms with Crippen LogP contribution in [-0.2, 0) is 5.75 Å². The van der Waals surface area contributed by atoms with Crippen molar-refractivity contribution in [2.24, 2.45) is 0 Å². The number of hydrogen-bond donors (Lipinski definition) is 0. The first-order valence-electron chi connectivity index (χ1n) is 7.47. The molecule has 0 N–H and O–H groups in total. The van der Waals surface area contributed by atoms with Gasteiger partial charge >= 0.3 is 0 Å². The number of pyridine rings is 2. The molecular weight excluding hydrogens is 320 g/mol. The zero-order valence-electron chi connectivity index (χ0n) is 13.0. The molecule has 3 heterocycles. The van der Waals surface area contributed by atoms with Crippen molar-refractivity contribution in [1.29, 1.82) is 0 Å². The first-order valence-corrected chi connectivity index (χ1v) is 8.86. The van der Waals surface area contributed by atoms with Gasteiger partial charge in [0.2, 0.25) is 0 Å². The van der Waals surface area contributed by atoms with Gasteiger partial charge < -0.3 is 4.52 Å². The molecule has 0 saturated carbocycles. The van der Waals surface area contributed by atoms with Crippen molar-refractivity contribution in [2.75, 3.05) is 6.26 Å². The maximum atomic E-state index is 5.49. The van der Waals surface area contributed by atoms with Crippen molar-refractivity contribution in [3.8, 4) is 22.7 Å². The molecule has 0 amide bonds. The molecule has 0 saturated heterocycles. The number of benzene rings is 1. The quantitative estimate of drug-likeness (QED) is 0.557. The third-order valence-electron chi connectivity index (χ3n) is 3.66. The predicted molar refractivity (Wildman–Crippen MR) is 95.5 cm³/mol. The molecule has 0 unspecified atom stereocenters. The summed E-state index contributed by atoms with van der Waals surface area (Å²) in [6.07, 6.45) is 5.53. The summed E-state index contributed by atoms with van der Waals surface area (Å²) in [4.78, 5) is 13.3. The Kier molecular flexibility index (Phi) is 3.96. The molecule has 0 aliphatic rings. The van der Waals surface area contributed by atoms with Crippen molar-refractivity contribution >= 4 is 22.7 Å². The molecule has 4 rings (SSSR count). The van der Waals surface area contributed by atoms with Crippen molar-refractivity contribution in [3.05, 3.63) is 60.7 Å². The number of hydrogen-bond acceptors (Lipinski definition) is 6. The molecule has 118 valence electrons. The highest BCUT2D eigenvalue weighted by Gasteiger charge is 2.15. The summed E-state index contributed by atoms with van der Waals surface area (Å²) in [7, 11) is 0. The van der Waals surface area contributed by atoms with E-state index in [1.807, 2.05) is 48.7 Å². The molecule has 4 aromatic rings. The van der Waals surface area contributed by atoms with Gasteiger partial charge in [-0.1, -0.05) is 23.4 Å². The van der Waals surface area contributed by atoms with Crippen molar-refractivity contribution in [1.82, 2.24) is 20.1 Å². The van der Waals surface area contributed by atoms with Crippen LogP contribution < -0.4 is 0 Å². The van der Waals surface area contributed by atoms with E-state index in [0.29, 0.717) is 11.7 Å². The van der Waals surface area contributed by atoms with E-state index in [0.717, 1.165) is 33.5 Å². The minimum absolute atomic E-state index is 0.521. The lowest BCUT2D eigenvalue weighted by Crippen LogP contribution is -1.90. The molecule has 0 bridgehead atoms. The van der Waals surface area contributed by atoms with E-state index < -0.39 is 0 Å². The van der Waals surface area contributed by atoms with Gasteiger partial charge in [-0.05, 0) is 30.5 Å². The predicted octanol–water partition coefficient (Wildman–Crippen LogP) is 4.21. The minimum Gasteiger partial charge on any atom is -0.334 e. The van der Waals surface area contributed by atoms with E-state index in [-0.39, 0.29) is 0 Å². The summed E-state index contributed by atoms with van der Waals surface area (Å²) in [6.45, 7) is 0. The standard InChI is InChI=1S/C18H14N4OS/c1-24-11-17-21-18(23-22-17)14-10-16(12-6-8-19-9-7-12)20-15-5-3-2-4-13(14)15/h2-10H,11H2,1H3. The van der Waals surface area contributed by atoms with Crippen molar-refractivity contribution < 1.29 is 4.52 Å². The minimum atomic E-state index is 0.521. The Hall–Kier alpha value is -2.73. The van der Waals surface area contributed by atoms with Crippen LogP contribution in [0.25, 0.3) is 33.6 Å². The van der Waals surface area contributed by atoms with Crippen LogP contribution >= 0.6 is 11.8 Å². The average Bonchev–Trinajstić information content (AvgIpc) is 3.10. The summed E-state index contributed by atoms with van der Waals surface area (Å²) in [5.74, 6) is 1.95. The fourth-order valence-corrected chi connectivity index (χ4v) is 2.95. The number of rotatable bonds is 4. The van der Waals surface area contributed by atoms with Gasteiger partial charge in [0, 0.05) is 23.3 Å². The molecule has 0 spiro atoms. The summed E-state index contributed by atoms with van der Waals surface area (Å²) in [5.41, 5.74) is 3.65. The van der Waals surface area contributed by atoms with Gasteiger partial charge in [-0.15, -0.1) is 0 Å². The largest absolute Gasteiger partial charge is 0.334 e. The lowest BCUT2D eigenvalue weighted by Gasteiger charge is -2.07. The maximum absolute atomic E-state index is 5.49. The van der Waals surface area contributed by atoms with Crippen LogP contribution in [-0.4, -0.2) is 26.4 Å². The number of aromatic nitrogens is 4. The van der Waals surface area contributed by atoms with Crippen molar-refractivity contribution in [2.45, 2.75) is 5.75 Å². The van der Waals surface area contributed by atoms with E-state index in [9.17, 15) is 0 Å². The molecule has 0 radical (unpaired) electrons. The summed E-state index contributed by atoms with van der Waals surface area (Å²) >= 11 is 1.66. The summed E-state index contributed by atoms with van der Waals surface area (Å²) in [6, 6.07) is 13.8. The van der Waals surface area contributed by atoms with E-state index in [1.54, 1.807) is 24.2 Å². The lowest BCUT2D eigenvalue weighted by molar-refractivity contribution is 0.425. The third-order valence-corrected chi connectivity index (χ3v) is 4.21. The molecule has 0 fully saturated rings. The van der Waals surface area contributed by atoms with Gasteiger partial charge in [-0.2, -0.15) is 16.7 Å². The van der Waals surface area contributed by atoms with Crippen LogP contribution in [0.4, 0.5) is 0 Å². The van der Waals surface area contributed by atoms with E-state index in [1.165, 1.54) is 0 Å². The van der Waals surface area contributed by atoms with Gasteiger partial charge in [0.15, 0.2) is 5.82 Å². The maximum Gasteiger partial charge on any atom is 0.258 e. The van der Waals surface area contributed by atoms with E-state index in [4.69, 9.17) is 9.51 Å². The molecule has 0 aliphatic carbocycles. The highest BCUT2D eigenvalue weighted by molar-refractivity contribution is 7.97. The first kappa shape index (κ1) is 14.8. The molecule has 5 nitrogen and oxygen atoms in total. The fraction of sp³-hybridized carbons (Fsp3) is 0.111. The van der Waals surface area contributed by atoms with Crippen LogP contribution in [0, 0.1) is 0 Å². The Morgan fingerprint density at radius 2 is 1.88 bits per heavy atom. The number of para-hydroxylation sites is 1. The highest BCUT2D eigenvalue weighted by atomic mass is 32.2. The molecule has 24 heavy (non-hydrogen) atoms. The second-order valence-electron chi connectivity index (χ2n) is 5.26. The van der Waals surface area contributed by atoms with Crippen LogP contribution in [0.15, 0.2) is 59.4 Å². The van der Waals surface area contributed by atoms with Gasteiger partial charge in [0.05, 0.1) is 22.5 Å². The Morgan fingerprint density at radius 3 is 2.71 bits per heavy atom. The van der Waals surface area contributed by atoms with Gasteiger partial charge in [-0.25, -0.2) is 4.98 Å². The fourth-order valence-electron chi connectivity index (χ4n) is 2.57. The Morgan fingerprint density at radius 1 is 1.04 bits per heavy atom. The zero-order chi connectivity index (χ0) is 16.4. The molecule has 1 aromatic carbocycles. The highest BCUT2D eigenvalue weighted by Crippen LogP contribution is 2.31. The summed E-state index contributed by atoms with van der Waals surface area (Å²) in [5, 5.41) is 5.05. The first-order chi connectivity index (χ1) is 11.8. The van der Waals surface area contributed by atoms with Crippen LogP contribution in [0.3, 0.4) is 0 Å². The molecule has 0 atom stereocenters.